The molecule has 0 saturated carbocycles. The summed E-state index contributed by atoms with van der Waals surface area (Å²) in [6, 6.07) is 9.63. The van der Waals surface area contributed by atoms with Crippen LogP contribution in [0.5, 0.6) is 23.0 Å². The topological polar surface area (TPSA) is 118 Å². The number of hydrogen-bond donors (Lipinski definition) is 0. The number of ether oxygens (including phenoxy) is 5. The van der Waals surface area contributed by atoms with E-state index in [1.54, 1.807) is 68.3 Å². The van der Waals surface area contributed by atoms with Crippen LogP contribution in [0.3, 0.4) is 0 Å². The summed E-state index contributed by atoms with van der Waals surface area (Å²) in [5.41, 5.74) is 1.64. The number of rotatable bonds is 10. The van der Waals surface area contributed by atoms with E-state index in [0.29, 0.717) is 49.2 Å². The Hall–Kier alpha value is -4.58. The molecule has 0 radical (unpaired) electrons. The number of aromatic nitrogens is 1. The average Bonchev–Trinajstić information content (AvgIpc) is 3.68. The Morgan fingerprint density at radius 1 is 1.00 bits per heavy atom. The van der Waals surface area contributed by atoms with Crippen LogP contribution in [-0.2, 0) is 14.3 Å². The first kappa shape index (κ1) is 30.9. The zero-order valence-corrected chi connectivity index (χ0v) is 26.2. The maximum absolute atomic E-state index is 14.0. The monoisotopic (exact) mass is 621 g/mol. The number of methoxy groups -OCH3 is 3. The Kier molecular flexibility index (Phi) is 9.38. The summed E-state index contributed by atoms with van der Waals surface area (Å²) < 4.78 is 29.6. The molecule has 11 nitrogen and oxygen atoms in total. The molecule has 1 fully saturated rings. The molecule has 5 rings (SSSR count). The van der Waals surface area contributed by atoms with Crippen LogP contribution in [0.25, 0.3) is 6.08 Å². The number of hydrogen-bond acceptors (Lipinski definition) is 10. The Morgan fingerprint density at radius 2 is 1.75 bits per heavy atom. The first-order valence-corrected chi connectivity index (χ1v) is 15.1. The molecule has 12 heteroatoms. The maximum atomic E-state index is 14.0. The van der Waals surface area contributed by atoms with Crippen LogP contribution in [0.2, 0.25) is 0 Å². The fraction of sp³-hybridized carbons (Fsp3) is 0.375. The van der Waals surface area contributed by atoms with Crippen LogP contribution < -0.4 is 33.8 Å². The van der Waals surface area contributed by atoms with Crippen molar-refractivity contribution in [2.75, 3.05) is 47.6 Å². The molecular weight excluding hydrogens is 586 g/mol. The summed E-state index contributed by atoms with van der Waals surface area (Å²) in [4.78, 5) is 46.6. The van der Waals surface area contributed by atoms with Gasteiger partial charge >= 0.3 is 5.97 Å². The molecule has 1 saturated heterocycles. The molecule has 2 aromatic carbocycles. The number of allylic oxidation sites excluding steroid dienone is 1. The third-order valence-electron chi connectivity index (χ3n) is 7.55. The fourth-order valence-corrected chi connectivity index (χ4v) is 6.42. The largest absolute Gasteiger partial charge is 0.497 e. The van der Waals surface area contributed by atoms with E-state index in [1.165, 1.54) is 30.1 Å². The predicted molar refractivity (Wildman–Crippen MR) is 164 cm³/mol. The maximum Gasteiger partial charge on any atom is 0.338 e. The number of fused-ring (bicyclic) bond motifs is 1. The Bertz CT molecular complexity index is 1790. The van der Waals surface area contributed by atoms with Crippen LogP contribution in [0, 0.1) is 0 Å². The van der Waals surface area contributed by atoms with E-state index < -0.39 is 12.0 Å². The lowest BCUT2D eigenvalue weighted by Gasteiger charge is -2.26. The highest BCUT2D eigenvalue weighted by Gasteiger charge is 2.35. The molecule has 1 atom stereocenters. The minimum atomic E-state index is -0.841. The molecule has 0 unspecified atom stereocenters. The first-order chi connectivity index (χ1) is 21.3. The highest BCUT2D eigenvalue weighted by atomic mass is 32.1. The second-order valence-electron chi connectivity index (χ2n) is 10.2. The van der Waals surface area contributed by atoms with Gasteiger partial charge in [0, 0.05) is 24.7 Å². The van der Waals surface area contributed by atoms with Gasteiger partial charge in [0.25, 0.3) is 11.5 Å². The van der Waals surface area contributed by atoms with Crippen LogP contribution in [0.15, 0.2) is 57.5 Å². The highest BCUT2D eigenvalue weighted by molar-refractivity contribution is 7.07. The lowest BCUT2D eigenvalue weighted by atomic mass is 9.95. The lowest BCUT2D eigenvalue weighted by molar-refractivity contribution is -0.139. The molecule has 0 bridgehead atoms. The van der Waals surface area contributed by atoms with Crippen molar-refractivity contribution in [2.45, 2.75) is 32.7 Å². The third-order valence-corrected chi connectivity index (χ3v) is 8.53. The van der Waals surface area contributed by atoms with Crippen molar-refractivity contribution >= 4 is 29.3 Å². The Labute approximate surface area is 258 Å². The van der Waals surface area contributed by atoms with Crippen molar-refractivity contribution in [1.82, 2.24) is 9.47 Å². The molecule has 3 aromatic rings. The van der Waals surface area contributed by atoms with Gasteiger partial charge in [-0.2, -0.15) is 0 Å². The number of carbonyl (C=O) groups is 2. The lowest BCUT2D eigenvalue weighted by Crippen LogP contribution is -2.40. The summed E-state index contributed by atoms with van der Waals surface area (Å²) in [6.07, 6.45) is 3.75. The second kappa shape index (κ2) is 13.4. The quantitative estimate of drug-likeness (QED) is 0.318. The van der Waals surface area contributed by atoms with Gasteiger partial charge < -0.3 is 28.6 Å². The number of amides is 1. The molecule has 0 aliphatic carbocycles. The van der Waals surface area contributed by atoms with Gasteiger partial charge in [-0.15, -0.1) is 0 Å². The molecule has 232 valence electrons. The third kappa shape index (κ3) is 6.07. The fourth-order valence-electron chi connectivity index (χ4n) is 5.37. The Balaban J connectivity index is 1.55. The van der Waals surface area contributed by atoms with Crippen molar-refractivity contribution < 1.29 is 33.3 Å². The van der Waals surface area contributed by atoms with Gasteiger partial charge in [0.05, 0.1) is 43.7 Å². The van der Waals surface area contributed by atoms with Crippen molar-refractivity contribution in [2.24, 2.45) is 4.99 Å². The van der Waals surface area contributed by atoms with E-state index >= 15 is 0 Å². The molecule has 1 aromatic heterocycles. The van der Waals surface area contributed by atoms with Crippen LogP contribution in [0.1, 0.15) is 43.9 Å². The number of nitrogens with zero attached hydrogens (tertiary/aromatic N) is 3. The molecular formula is C32H35N3O8S. The van der Waals surface area contributed by atoms with E-state index in [-0.39, 0.29) is 30.3 Å². The van der Waals surface area contributed by atoms with Crippen molar-refractivity contribution in [3.8, 4) is 23.0 Å². The van der Waals surface area contributed by atoms with Gasteiger partial charge in [0.1, 0.15) is 17.5 Å². The molecule has 44 heavy (non-hydrogen) atoms. The average molecular weight is 622 g/mol. The van der Waals surface area contributed by atoms with Crippen molar-refractivity contribution in [3.05, 3.63) is 78.5 Å². The molecule has 1 amide bonds. The zero-order valence-electron chi connectivity index (χ0n) is 25.4. The summed E-state index contributed by atoms with van der Waals surface area (Å²) in [7, 11) is 4.59. The molecule has 0 spiro atoms. The zero-order chi connectivity index (χ0) is 31.4. The smallest absolute Gasteiger partial charge is 0.338 e. The number of esters is 1. The van der Waals surface area contributed by atoms with Gasteiger partial charge in [0.2, 0.25) is 0 Å². The van der Waals surface area contributed by atoms with E-state index in [0.717, 1.165) is 25.9 Å². The van der Waals surface area contributed by atoms with Crippen LogP contribution in [0.4, 0.5) is 0 Å². The predicted octanol–water partition coefficient (Wildman–Crippen LogP) is 2.83. The van der Waals surface area contributed by atoms with Gasteiger partial charge in [0.15, 0.2) is 22.9 Å². The number of likely N-dealkylation sites (tertiary alicyclic amines) is 1. The molecule has 2 aliphatic rings. The van der Waals surface area contributed by atoms with Crippen LogP contribution >= 0.6 is 11.3 Å². The standard InChI is InChI=1S/C32H35N3O8S/c1-6-42-31(38)28-19(2)33-32-35(29(28)22-11-10-21(39-3)17-24(22)40-4)30(37)26(44-32)16-20-9-12-23(25(15-20)41-5)43-18-27(36)34-13-7-8-14-34/h9-12,15-17,29H,6-8,13-14,18H2,1-5H3/b26-16+/t29-/m1/s1. The number of carbonyl (C=O) groups excluding carboxylic acids is 2. The summed E-state index contributed by atoms with van der Waals surface area (Å²) in [5, 5.41) is 0. The van der Waals surface area contributed by atoms with Crippen molar-refractivity contribution in [1.29, 1.82) is 0 Å². The second-order valence-corrected chi connectivity index (χ2v) is 11.2. The normalized spacial score (nSPS) is 16.3. The molecule has 0 N–H and O–H groups in total. The van der Waals surface area contributed by atoms with E-state index in [2.05, 4.69) is 4.99 Å². The SMILES string of the molecule is CCOC(=O)C1=C(C)N=c2s/c(=C/c3ccc(OCC(=O)N4CCCC4)c(OC)c3)c(=O)n2[C@@H]1c1ccc(OC)cc1OC. The van der Waals surface area contributed by atoms with E-state index in [9.17, 15) is 14.4 Å². The van der Waals surface area contributed by atoms with Gasteiger partial charge in [-0.25, -0.2) is 9.79 Å². The molecule has 3 heterocycles. The highest BCUT2D eigenvalue weighted by Crippen LogP contribution is 2.37. The summed E-state index contributed by atoms with van der Waals surface area (Å²) in [6.45, 7) is 5.04. The summed E-state index contributed by atoms with van der Waals surface area (Å²) >= 11 is 1.21. The van der Waals surface area contributed by atoms with E-state index in [4.69, 9.17) is 23.7 Å². The van der Waals surface area contributed by atoms with Gasteiger partial charge in [-0.3, -0.25) is 14.2 Å². The summed E-state index contributed by atoms with van der Waals surface area (Å²) in [5.74, 6) is 1.26. The Morgan fingerprint density at radius 3 is 2.43 bits per heavy atom. The minimum Gasteiger partial charge on any atom is -0.497 e. The first-order valence-electron chi connectivity index (χ1n) is 14.3. The minimum absolute atomic E-state index is 0.0599. The number of benzene rings is 2. The number of thiazole rings is 1. The van der Waals surface area contributed by atoms with Crippen molar-refractivity contribution in [3.63, 3.8) is 0 Å². The van der Waals surface area contributed by atoms with Crippen LogP contribution in [-0.4, -0.2) is 69.0 Å². The molecule has 2 aliphatic heterocycles. The van der Waals surface area contributed by atoms with Gasteiger partial charge in [-0.1, -0.05) is 17.4 Å². The van der Waals surface area contributed by atoms with Gasteiger partial charge in [-0.05, 0) is 62.6 Å². The van der Waals surface area contributed by atoms with E-state index in [1.807, 2.05) is 0 Å².